The number of pyridine rings is 1. The quantitative estimate of drug-likeness (QED) is 0.294. The lowest BCUT2D eigenvalue weighted by molar-refractivity contribution is 0.0951. The molecule has 1 aliphatic carbocycles. The van der Waals surface area contributed by atoms with Gasteiger partial charge in [0.05, 0.1) is 16.9 Å². The van der Waals surface area contributed by atoms with E-state index in [0.29, 0.717) is 3.57 Å². The molecule has 0 saturated heterocycles. The number of carbonyl (C=O) groups is 1. The summed E-state index contributed by atoms with van der Waals surface area (Å²) in [6.07, 6.45) is 2.44. The van der Waals surface area contributed by atoms with E-state index in [9.17, 15) is 18.0 Å². The van der Waals surface area contributed by atoms with E-state index < -0.39 is 34.9 Å². The number of nitrogens with zero attached hydrogens (tertiary/aromatic N) is 1. The fourth-order valence-corrected chi connectivity index (χ4v) is 3.62. The summed E-state index contributed by atoms with van der Waals surface area (Å²) in [6.45, 7) is 0. The van der Waals surface area contributed by atoms with Gasteiger partial charge in [-0.05, 0) is 76.9 Å². The van der Waals surface area contributed by atoms with Crippen molar-refractivity contribution in [3.05, 3.63) is 80.1 Å². The van der Waals surface area contributed by atoms with Crippen LogP contribution >= 0.6 is 22.6 Å². The van der Waals surface area contributed by atoms with Gasteiger partial charge in [0, 0.05) is 22.2 Å². The third-order valence-corrected chi connectivity index (χ3v) is 5.68. The Morgan fingerprint density at radius 2 is 1.81 bits per heavy atom. The van der Waals surface area contributed by atoms with Gasteiger partial charge in [-0.25, -0.2) is 22.5 Å². The summed E-state index contributed by atoms with van der Waals surface area (Å²) in [4.78, 5) is 16.4. The van der Waals surface area contributed by atoms with E-state index in [-0.39, 0.29) is 40.7 Å². The highest BCUT2D eigenvalue weighted by Crippen LogP contribution is 2.32. The molecule has 1 amide bonds. The summed E-state index contributed by atoms with van der Waals surface area (Å²) in [7, 11) is 0. The molecule has 4 N–H and O–H groups in total. The Bertz CT molecular complexity index is 1220. The molecule has 0 unspecified atom stereocenters. The molecule has 166 valence electrons. The zero-order valence-corrected chi connectivity index (χ0v) is 18.6. The Kier molecular flexibility index (Phi) is 6.22. The highest BCUT2D eigenvalue weighted by Gasteiger charge is 2.28. The van der Waals surface area contributed by atoms with Crippen LogP contribution < -0.4 is 16.4 Å². The molecule has 2 aromatic carbocycles. The van der Waals surface area contributed by atoms with E-state index >= 15 is 4.39 Å². The molecule has 1 fully saturated rings. The van der Waals surface area contributed by atoms with Crippen molar-refractivity contribution >= 4 is 45.7 Å². The van der Waals surface area contributed by atoms with Crippen LogP contribution in [0.5, 0.6) is 0 Å². The summed E-state index contributed by atoms with van der Waals surface area (Å²) in [5.41, 5.74) is 4.36. The number of nitrogens with two attached hydrogens (primary N) is 1. The zero-order chi connectivity index (χ0) is 23.0. The fourth-order valence-electron chi connectivity index (χ4n) is 3.17. The number of amides is 1. The number of benzene rings is 2. The largest absolute Gasteiger partial charge is 0.381 e. The highest BCUT2D eigenvalue weighted by molar-refractivity contribution is 14.1. The van der Waals surface area contributed by atoms with Gasteiger partial charge in [0.1, 0.15) is 5.82 Å². The zero-order valence-electron chi connectivity index (χ0n) is 16.5. The van der Waals surface area contributed by atoms with Crippen LogP contribution in [0.15, 0.2) is 36.5 Å². The Labute approximate surface area is 194 Å². The van der Waals surface area contributed by atoms with Crippen molar-refractivity contribution in [1.29, 1.82) is 0 Å². The molecule has 4 rings (SSSR count). The van der Waals surface area contributed by atoms with Crippen LogP contribution in [0.4, 0.5) is 34.8 Å². The van der Waals surface area contributed by atoms with Crippen molar-refractivity contribution in [2.75, 3.05) is 11.1 Å². The lowest BCUT2D eigenvalue weighted by Crippen LogP contribution is -2.27. The third-order valence-electron chi connectivity index (χ3n) is 5.01. The van der Waals surface area contributed by atoms with E-state index in [0.717, 1.165) is 18.9 Å². The van der Waals surface area contributed by atoms with Gasteiger partial charge >= 0.3 is 0 Å². The number of hydrogen-bond donors (Lipinski definition) is 3. The summed E-state index contributed by atoms with van der Waals surface area (Å²) in [5, 5.41) is 5.22. The summed E-state index contributed by atoms with van der Waals surface area (Å²) in [6, 6.07) is 6.53. The molecule has 0 bridgehead atoms. The van der Waals surface area contributed by atoms with Crippen LogP contribution in [-0.4, -0.2) is 16.9 Å². The molecule has 1 aromatic heterocycles. The molecule has 0 aliphatic heterocycles. The van der Waals surface area contributed by atoms with Gasteiger partial charge in [-0.2, -0.15) is 0 Å². The SMILES string of the molecule is Nc1nccc(Cc2cc(C(=O)NC3CC3)c(Nc3ccc(I)cc3F)c(F)c2F)c1F. The Morgan fingerprint density at radius 3 is 2.50 bits per heavy atom. The maximum absolute atomic E-state index is 15.1. The first kappa shape index (κ1) is 22.3. The second kappa shape index (κ2) is 8.93. The van der Waals surface area contributed by atoms with E-state index in [1.165, 1.54) is 24.4 Å². The number of carbonyl (C=O) groups excluding carboxylic acids is 1. The Morgan fingerprint density at radius 1 is 1.06 bits per heavy atom. The Balaban J connectivity index is 1.78. The second-order valence-electron chi connectivity index (χ2n) is 7.43. The smallest absolute Gasteiger partial charge is 0.253 e. The second-order valence-corrected chi connectivity index (χ2v) is 8.67. The number of anilines is 3. The van der Waals surface area contributed by atoms with Crippen molar-refractivity contribution in [2.45, 2.75) is 25.3 Å². The van der Waals surface area contributed by atoms with Gasteiger partial charge < -0.3 is 16.4 Å². The van der Waals surface area contributed by atoms with Crippen LogP contribution in [0, 0.1) is 26.8 Å². The van der Waals surface area contributed by atoms with E-state index in [4.69, 9.17) is 5.73 Å². The molecule has 1 saturated carbocycles. The number of nitrogens with one attached hydrogen (secondary N) is 2. The Hall–Kier alpha value is -2.89. The topological polar surface area (TPSA) is 80.0 Å². The molecule has 5 nitrogen and oxygen atoms in total. The molecule has 10 heteroatoms. The first-order chi connectivity index (χ1) is 15.2. The van der Waals surface area contributed by atoms with Gasteiger partial charge in [0.15, 0.2) is 23.3 Å². The lowest BCUT2D eigenvalue weighted by Gasteiger charge is -2.17. The maximum Gasteiger partial charge on any atom is 0.253 e. The molecule has 0 atom stereocenters. The number of nitrogen functional groups attached to an aromatic ring is 1. The molecule has 1 aliphatic rings. The van der Waals surface area contributed by atoms with Crippen molar-refractivity contribution in [1.82, 2.24) is 10.3 Å². The number of halogens is 5. The first-order valence-corrected chi connectivity index (χ1v) is 10.7. The number of aromatic nitrogens is 1. The minimum absolute atomic E-state index is 0.00580. The molecule has 1 heterocycles. The minimum atomic E-state index is -1.37. The van der Waals surface area contributed by atoms with Gasteiger partial charge in [-0.3, -0.25) is 4.79 Å². The molecular weight excluding hydrogens is 539 g/mol. The monoisotopic (exact) mass is 556 g/mol. The van der Waals surface area contributed by atoms with Crippen LogP contribution in [0.1, 0.15) is 34.3 Å². The maximum atomic E-state index is 15.1. The predicted molar refractivity (Wildman–Crippen MR) is 121 cm³/mol. The van der Waals surface area contributed by atoms with Crippen LogP contribution in [0.25, 0.3) is 0 Å². The average molecular weight is 556 g/mol. The molecule has 3 aromatic rings. The molecule has 0 spiro atoms. The van der Waals surface area contributed by atoms with Gasteiger partial charge in [0.2, 0.25) is 0 Å². The summed E-state index contributed by atoms with van der Waals surface area (Å²) < 4.78 is 59.3. The van der Waals surface area contributed by atoms with Gasteiger partial charge in [-0.15, -0.1) is 0 Å². The van der Waals surface area contributed by atoms with Crippen LogP contribution in [0.2, 0.25) is 0 Å². The van der Waals surface area contributed by atoms with Crippen molar-refractivity contribution in [3.8, 4) is 0 Å². The normalized spacial score (nSPS) is 13.2. The standard InChI is InChI=1S/C22H17F4IN4O/c23-15-9-12(27)1-4-16(15)31-20-14(22(32)30-13-2-3-13)8-11(17(24)19(20)26)7-10-5-6-29-21(28)18(10)25/h1,4-6,8-9,13,31H,2-3,7H2,(H2,28,29)(H,30,32). The fraction of sp³-hybridized carbons (Fsp3) is 0.182. The van der Waals surface area contributed by atoms with E-state index in [1.54, 1.807) is 6.07 Å². The van der Waals surface area contributed by atoms with Gasteiger partial charge in [-0.1, -0.05) is 0 Å². The molecule has 0 radical (unpaired) electrons. The molecule has 32 heavy (non-hydrogen) atoms. The average Bonchev–Trinajstić information content (AvgIpc) is 3.56. The van der Waals surface area contributed by atoms with Crippen molar-refractivity contribution < 1.29 is 22.4 Å². The predicted octanol–water partition coefficient (Wildman–Crippen LogP) is 5.05. The van der Waals surface area contributed by atoms with Crippen LogP contribution in [0.3, 0.4) is 0 Å². The van der Waals surface area contributed by atoms with Crippen LogP contribution in [-0.2, 0) is 6.42 Å². The number of hydrogen-bond acceptors (Lipinski definition) is 4. The molecular formula is C22H17F4IN4O. The van der Waals surface area contributed by atoms with Crippen molar-refractivity contribution in [2.24, 2.45) is 0 Å². The van der Waals surface area contributed by atoms with Crippen molar-refractivity contribution in [3.63, 3.8) is 0 Å². The minimum Gasteiger partial charge on any atom is -0.381 e. The third kappa shape index (κ3) is 4.64. The highest BCUT2D eigenvalue weighted by atomic mass is 127. The lowest BCUT2D eigenvalue weighted by atomic mass is 9.99. The summed E-state index contributed by atoms with van der Waals surface area (Å²) >= 11 is 1.91. The first-order valence-electron chi connectivity index (χ1n) is 9.67. The van der Waals surface area contributed by atoms with E-state index in [2.05, 4.69) is 15.6 Å². The number of rotatable bonds is 6. The van der Waals surface area contributed by atoms with Gasteiger partial charge in [0.25, 0.3) is 5.91 Å². The summed E-state index contributed by atoms with van der Waals surface area (Å²) in [5.74, 6) is -5.21. The van der Waals surface area contributed by atoms with E-state index in [1.807, 2.05) is 22.6 Å².